The quantitative estimate of drug-likeness (QED) is 0.812. The highest BCUT2D eigenvalue weighted by atomic mass is 16.5. The summed E-state index contributed by atoms with van der Waals surface area (Å²) in [6.45, 7) is 2.80. The minimum atomic E-state index is -0.250. The third-order valence-electron chi connectivity index (χ3n) is 2.21. The molecule has 17 heavy (non-hydrogen) atoms. The van der Waals surface area contributed by atoms with Crippen LogP contribution in [0.3, 0.4) is 0 Å². The summed E-state index contributed by atoms with van der Waals surface area (Å²) in [5.74, 6) is 0.502. The van der Waals surface area contributed by atoms with Crippen LogP contribution in [-0.2, 0) is 4.79 Å². The minimum Gasteiger partial charge on any atom is -0.493 e. The number of carbonyl (C=O) groups excluding carboxylic acids is 2. The minimum absolute atomic E-state index is 0.158. The molecule has 5 nitrogen and oxygen atoms in total. The molecule has 0 fully saturated rings. The third-order valence-corrected chi connectivity index (χ3v) is 2.21. The largest absolute Gasteiger partial charge is 0.493 e. The number of nitrogens with one attached hydrogen (secondary N) is 1. The second-order valence-electron chi connectivity index (χ2n) is 3.49. The van der Waals surface area contributed by atoms with Crippen molar-refractivity contribution in [2.24, 2.45) is 0 Å². The maximum atomic E-state index is 11.5. The van der Waals surface area contributed by atoms with Crippen molar-refractivity contribution in [2.75, 3.05) is 19.5 Å². The van der Waals surface area contributed by atoms with E-state index in [1.54, 1.807) is 12.1 Å². The van der Waals surface area contributed by atoms with E-state index in [1.165, 1.54) is 28.1 Å². The molecule has 0 bridgehead atoms. The molecule has 0 atom stereocenters. The van der Waals surface area contributed by atoms with Gasteiger partial charge in [0.1, 0.15) is 0 Å². The Balaban J connectivity index is 3.34. The lowest BCUT2D eigenvalue weighted by atomic mass is 10.1. The Morgan fingerprint density at radius 2 is 1.59 bits per heavy atom. The van der Waals surface area contributed by atoms with Crippen molar-refractivity contribution in [3.63, 3.8) is 0 Å². The predicted octanol–water partition coefficient (Wildman–Crippen LogP) is 1.86. The van der Waals surface area contributed by atoms with E-state index in [1.807, 2.05) is 0 Å². The van der Waals surface area contributed by atoms with Gasteiger partial charge in [-0.15, -0.1) is 0 Å². The molecule has 92 valence electrons. The van der Waals surface area contributed by atoms with Crippen LogP contribution in [0.15, 0.2) is 12.1 Å². The van der Waals surface area contributed by atoms with Crippen molar-refractivity contribution in [1.82, 2.24) is 0 Å². The van der Waals surface area contributed by atoms with Gasteiger partial charge >= 0.3 is 0 Å². The topological polar surface area (TPSA) is 64.6 Å². The van der Waals surface area contributed by atoms with Gasteiger partial charge in [-0.25, -0.2) is 0 Å². The molecule has 0 saturated heterocycles. The molecule has 0 aromatic heterocycles. The van der Waals surface area contributed by atoms with Crippen LogP contribution in [0.4, 0.5) is 5.69 Å². The molecule has 1 N–H and O–H groups in total. The molecule has 0 aliphatic heterocycles. The van der Waals surface area contributed by atoms with E-state index in [-0.39, 0.29) is 11.7 Å². The lowest BCUT2D eigenvalue weighted by Crippen LogP contribution is -2.10. The fourth-order valence-corrected chi connectivity index (χ4v) is 1.46. The predicted molar refractivity (Wildman–Crippen MR) is 63.9 cm³/mol. The molecular weight excluding hydrogens is 222 g/mol. The molecule has 0 heterocycles. The number of hydrogen-bond donors (Lipinski definition) is 1. The number of ether oxygens (including phenoxy) is 2. The van der Waals surface area contributed by atoms with Gasteiger partial charge in [-0.2, -0.15) is 0 Å². The average Bonchev–Trinajstić information content (AvgIpc) is 2.27. The van der Waals surface area contributed by atoms with Crippen LogP contribution in [0, 0.1) is 0 Å². The summed E-state index contributed by atoms with van der Waals surface area (Å²) in [6.07, 6.45) is 0. The number of amides is 1. The molecule has 1 amide bonds. The van der Waals surface area contributed by atoms with Crippen LogP contribution in [0.25, 0.3) is 0 Å². The number of benzene rings is 1. The van der Waals surface area contributed by atoms with Gasteiger partial charge in [0.15, 0.2) is 17.3 Å². The second kappa shape index (κ2) is 5.34. The molecule has 0 unspecified atom stereocenters. The van der Waals surface area contributed by atoms with Crippen LogP contribution in [0.5, 0.6) is 11.5 Å². The van der Waals surface area contributed by atoms with Crippen LogP contribution in [0.2, 0.25) is 0 Å². The summed E-state index contributed by atoms with van der Waals surface area (Å²) < 4.78 is 10.2. The van der Waals surface area contributed by atoms with Gasteiger partial charge in [0, 0.05) is 18.6 Å². The highest BCUT2D eigenvalue weighted by Gasteiger charge is 2.14. The van der Waals surface area contributed by atoms with Gasteiger partial charge in [0.25, 0.3) is 0 Å². The maximum Gasteiger partial charge on any atom is 0.221 e. The van der Waals surface area contributed by atoms with Gasteiger partial charge in [-0.3, -0.25) is 9.59 Å². The molecule has 0 aliphatic rings. The highest BCUT2D eigenvalue weighted by molar-refractivity contribution is 6.04. The zero-order valence-electron chi connectivity index (χ0n) is 10.3. The molecule has 1 rings (SSSR count). The summed E-state index contributed by atoms with van der Waals surface area (Å²) in [4.78, 5) is 22.5. The lowest BCUT2D eigenvalue weighted by molar-refractivity contribution is -0.114. The number of rotatable bonds is 4. The molecular formula is C12H15NO4. The lowest BCUT2D eigenvalue weighted by Gasteiger charge is -2.13. The molecule has 0 aliphatic carbocycles. The van der Waals surface area contributed by atoms with E-state index >= 15 is 0 Å². The van der Waals surface area contributed by atoms with Gasteiger partial charge < -0.3 is 14.8 Å². The highest BCUT2D eigenvalue weighted by Crippen LogP contribution is 2.33. The Morgan fingerprint density at radius 3 is 2.00 bits per heavy atom. The SMILES string of the molecule is COc1cc(NC(C)=O)c(C(C)=O)cc1OC. The first-order chi connectivity index (χ1) is 7.99. The number of ketones is 1. The fraction of sp³-hybridized carbons (Fsp3) is 0.333. The van der Waals surface area contributed by atoms with E-state index in [9.17, 15) is 9.59 Å². The number of methoxy groups -OCH3 is 2. The number of Topliss-reactive ketones (excluding diaryl/α,β-unsaturated/α-hetero) is 1. The summed E-state index contributed by atoms with van der Waals surface area (Å²) in [5.41, 5.74) is 0.806. The average molecular weight is 237 g/mol. The molecule has 1 aromatic rings. The van der Waals surface area contributed by atoms with Crippen LogP contribution in [0.1, 0.15) is 24.2 Å². The van der Waals surface area contributed by atoms with E-state index in [2.05, 4.69) is 5.32 Å². The second-order valence-corrected chi connectivity index (χ2v) is 3.49. The van der Waals surface area contributed by atoms with E-state index in [4.69, 9.17) is 9.47 Å². The Hall–Kier alpha value is -2.04. The van der Waals surface area contributed by atoms with Crippen LogP contribution >= 0.6 is 0 Å². The number of carbonyl (C=O) groups is 2. The summed E-state index contributed by atoms with van der Waals surface area (Å²) >= 11 is 0. The fourth-order valence-electron chi connectivity index (χ4n) is 1.46. The van der Waals surface area contributed by atoms with Crippen molar-refractivity contribution in [1.29, 1.82) is 0 Å². The zero-order valence-corrected chi connectivity index (χ0v) is 10.3. The van der Waals surface area contributed by atoms with Crippen molar-refractivity contribution in [3.8, 4) is 11.5 Å². The molecule has 0 spiro atoms. The summed E-state index contributed by atoms with van der Waals surface area (Å²) in [6, 6.07) is 3.11. The van der Waals surface area contributed by atoms with E-state index < -0.39 is 0 Å². The Kier molecular flexibility index (Phi) is 4.09. The van der Waals surface area contributed by atoms with Gasteiger partial charge in [0.05, 0.1) is 19.9 Å². The molecule has 1 aromatic carbocycles. The first kappa shape index (κ1) is 13.0. The van der Waals surface area contributed by atoms with Crippen LogP contribution < -0.4 is 14.8 Å². The maximum absolute atomic E-state index is 11.5. The summed E-state index contributed by atoms with van der Waals surface area (Å²) in [5, 5.41) is 2.59. The monoisotopic (exact) mass is 237 g/mol. The zero-order chi connectivity index (χ0) is 13.0. The Bertz CT molecular complexity index is 454. The van der Waals surface area contributed by atoms with Crippen molar-refractivity contribution >= 4 is 17.4 Å². The standard InChI is InChI=1S/C12H15NO4/c1-7(14)9-5-11(16-3)12(17-4)6-10(9)13-8(2)15/h5-6H,1-4H3,(H,13,15). The van der Waals surface area contributed by atoms with Gasteiger partial charge in [0.2, 0.25) is 5.91 Å². The van der Waals surface area contributed by atoms with Crippen molar-refractivity contribution in [3.05, 3.63) is 17.7 Å². The number of hydrogen-bond acceptors (Lipinski definition) is 4. The molecule has 0 radical (unpaired) electrons. The van der Waals surface area contributed by atoms with E-state index in [0.29, 0.717) is 22.7 Å². The van der Waals surface area contributed by atoms with Crippen molar-refractivity contribution < 1.29 is 19.1 Å². The van der Waals surface area contributed by atoms with E-state index in [0.717, 1.165) is 0 Å². The van der Waals surface area contributed by atoms with Crippen molar-refractivity contribution in [2.45, 2.75) is 13.8 Å². The smallest absolute Gasteiger partial charge is 0.221 e. The van der Waals surface area contributed by atoms with Gasteiger partial charge in [-0.05, 0) is 13.0 Å². The first-order valence-corrected chi connectivity index (χ1v) is 5.04. The third kappa shape index (κ3) is 2.96. The Labute approximate surface area is 99.7 Å². The first-order valence-electron chi connectivity index (χ1n) is 5.04. The molecule has 0 saturated carbocycles. The normalized spacial score (nSPS) is 9.65. The number of anilines is 1. The van der Waals surface area contributed by atoms with Gasteiger partial charge in [-0.1, -0.05) is 0 Å². The Morgan fingerprint density at radius 1 is 1.06 bits per heavy atom. The summed E-state index contributed by atoms with van der Waals surface area (Å²) in [7, 11) is 2.97. The molecule has 5 heteroatoms. The van der Waals surface area contributed by atoms with Crippen LogP contribution in [-0.4, -0.2) is 25.9 Å².